The molecule has 0 aliphatic carbocycles. The molecule has 1 aromatic carbocycles. The maximum absolute atomic E-state index is 13.3. The third-order valence-corrected chi connectivity index (χ3v) is 7.70. The van der Waals surface area contributed by atoms with Gasteiger partial charge in [0, 0.05) is 17.7 Å². The zero-order chi connectivity index (χ0) is 27.1. The maximum Gasteiger partial charge on any atom is 0.243 e. The van der Waals surface area contributed by atoms with E-state index in [2.05, 4.69) is 10.6 Å². The molecule has 0 saturated carbocycles. The summed E-state index contributed by atoms with van der Waals surface area (Å²) in [6.45, 7) is 2.85. The second kappa shape index (κ2) is 12.4. The molecule has 1 aromatic heterocycles. The van der Waals surface area contributed by atoms with Gasteiger partial charge in [0.15, 0.2) is 5.79 Å². The van der Waals surface area contributed by atoms with E-state index in [1.54, 1.807) is 6.07 Å². The Balaban J connectivity index is 1.30. The molecule has 0 bridgehead atoms. The minimum atomic E-state index is -1.02. The van der Waals surface area contributed by atoms with E-state index < -0.39 is 17.7 Å². The van der Waals surface area contributed by atoms with Crippen LogP contribution in [0, 0.1) is 5.41 Å². The van der Waals surface area contributed by atoms with Crippen molar-refractivity contribution >= 4 is 34.9 Å². The molecule has 12 heteroatoms. The third kappa shape index (κ3) is 6.88. The highest BCUT2D eigenvalue weighted by Crippen LogP contribution is 2.35. The predicted molar refractivity (Wildman–Crippen MR) is 141 cm³/mol. The number of amides is 3. The van der Waals surface area contributed by atoms with Gasteiger partial charge in [-0.2, -0.15) is 0 Å². The minimum Gasteiger partial charge on any atom is -0.494 e. The van der Waals surface area contributed by atoms with E-state index in [4.69, 9.17) is 25.4 Å². The van der Waals surface area contributed by atoms with Crippen LogP contribution in [0.2, 0.25) is 0 Å². The van der Waals surface area contributed by atoms with Gasteiger partial charge in [0.1, 0.15) is 17.6 Å². The van der Waals surface area contributed by atoms with Crippen LogP contribution in [-0.4, -0.2) is 73.2 Å². The summed E-state index contributed by atoms with van der Waals surface area (Å²) < 4.78 is 17.1. The van der Waals surface area contributed by atoms with Crippen LogP contribution in [-0.2, 0) is 23.9 Å². The van der Waals surface area contributed by atoms with Crippen molar-refractivity contribution in [3.8, 4) is 5.75 Å². The average molecular weight is 544 g/mol. The fourth-order valence-electron chi connectivity index (χ4n) is 4.46. The van der Waals surface area contributed by atoms with Gasteiger partial charge < -0.3 is 35.5 Å². The van der Waals surface area contributed by atoms with Gasteiger partial charge in [-0.05, 0) is 37.6 Å². The lowest BCUT2D eigenvalue weighted by Gasteiger charge is -2.25. The first-order valence-corrected chi connectivity index (χ1v) is 13.3. The van der Waals surface area contributed by atoms with Crippen molar-refractivity contribution < 1.29 is 28.6 Å². The third-order valence-electron chi connectivity index (χ3n) is 6.40. The molecule has 2 saturated heterocycles. The Bertz CT molecular complexity index is 1150. The SMILES string of the molecule is CC(NC(=O)[C@@H]1CC2(CN1C(=O)CNC(=O)CCCOc1ccccc1)OCCO2)c1ccc(C(=N)N)s1. The first-order valence-electron chi connectivity index (χ1n) is 12.5. The molecule has 2 aromatic rings. The highest BCUT2D eigenvalue weighted by Gasteiger charge is 2.52. The summed E-state index contributed by atoms with van der Waals surface area (Å²) >= 11 is 1.33. The molecule has 1 unspecified atom stereocenters. The van der Waals surface area contributed by atoms with Crippen LogP contribution in [0.4, 0.5) is 0 Å². The maximum atomic E-state index is 13.3. The molecule has 4 rings (SSSR count). The topological polar surface area (TPSA) is 156 Å². The lowest BCUT2D eigenvalue weighted by Crippen LogP contribution is -2.49. The van der Waals surface area contributed by atoms with Gasteiger partial charge >= 0.3 is 0 Å². The standard InChI is InChI=1S/C26H33N5O6S/c1-17(20-9-10-21(38-20)24(27)28)30-25(34)19-14-26(36-12-13-37-26)16-31(19)23(33)15-29-22(32)8-5-11-35-18-6-3-2-4-7-18/h2-4,6-7,9-10,17,19H,5,8,11-16H2,1H3,(H3,27,28)(H,29,32)(H,30,34)/t17?,19-/m0/s1. The zero-order valence-electron chi connectivity index (χ0n) is 21.2. The summed E-state index contributed by atoms with van der Waals surface area (Å²) in [7, 11) is 0. The second-order valence-electron chi connectivity index (χ2n) is 9.24. The van der Waals surface area contributed by atoms with Crippen LogP contribution in [0.15, 0.2) is 42.5 Å². The van der Waals surface area contributed by atoms with Gasteiger partial charge in [-0.25, -0.2) is 0 Å². The van der Waals surface area contributed by atoms with E-state index in [1.807, 2.05) is 43.3 Å². The summed E-state index contributed by atoms with van der Waals surface area (Å²) in [5, 5.41) is 13.2. The van der Waals surface area contributed by atoms with Crippen molar-refractivity contribution in [2.45, 2.75) is 44.1 Å². The number of carbonyl (C=O) groups excluding carboxylic acids is 3. The molecule has 3 amide bonds. The number of thiophene rings is 1. The van der Waals surface area contributed by atoms with Crippen LogP contribution in [0.1, 0.15) is 42.0 Å². The van der Waals surface area contributed by atoms with Crippen LogP contribution in [0.25, 0.3) is 0 Å². The zero-order valence-corrected chi connectivity index (χ0v) is 22.1. The summed E-state index contributed by atoms with van der Waals surface area (Å²) in [5.74, 6) is -1.33. The van der Waals surface area contributed by atoms with E-state index in [9.17, 15) is 14.4 Å². The number of ether oxygens (including phenoxy) is 3. The van der Waals surface area contributed by atoms with E-state index in [-0.39, 0.29) is 49.6 Å². The predicted octanol–water partition coefficient (Wildman–Crippen LogP) is 1.53. The van der Waals surface area contributed by atoms with Crippen LogP contribution in [0.3, 0.4) is 0 Å². The van der Waals surface area contributed by atoms with Crippen molar-refractivity contribution in [1.29, 1.82) is 5.41 Å². The molecule has 11 nitrogen and oxygen atoms in total. The number of carbonyl (C=O) groups is 3. The molecule has 2 aliphatic heterocycles. The molecule has 2 fully saturated rings. The lowest BCUT2D eigenvalue weighted by molar-refractivity contribution is -0.152. The molecule has 2 aliphatic rings. The number of hydrogen-bond acceptors (Lipinski definition) is 8. The highest BCUT2D eigenvalue weighted by atomic mass is 32.1. The van der Waals surface area contributed by atoms with Crippen LogP contribution >= 0.6 is 11.3 Å². The lowest BCUT2D eigenvalue weighted by atomic mass is 10.1. The van der Waals surface area contributed by atoms with Gasteiger partial charge in [-0.1, -0.05) is 18.2 Å². The molecule has 5 N–H and O–H groups in total. The van der Waals surface area contributed by atoms with Gasteiger partial charge in [0.25, 0.3) is 0 Å². The summed E-state index contributed by atoms with van der Waals surface area (Å²) in [6.07, 6.45) is 0.909. The first kappa shape index (κ1) is 27.6. The van der Waals surface area contributed by atoms with Crippen molar-refractivity contribution in [3.05, 3.63) is 52.2 Å². The number of hydrogen-bond donors (Lipinski definition) is 4. The summed E-state index contributed by atoms with van der Waals surface area (Å²) in [4.78, 5) is 41.6. The molecule has 1 spiro atoms. The number of amidine groups is 1. The van der Waals surface area contributed by atoms with Gasteiger partial charge in [0.05, 0.1) is 43.8 Å². The number of nitrogen functional groups attached to an aromatic ring is 1. The normalized spacial score (nSPS) is 18.8. The van der Waals surface area contributed by atoms with E-state index >= 15 is 0 Å². The highest BCUT2D eigenvalue weighted by molar-refractivity contribution is 7.14. The number of nitrogens with two attached hydrogens (primary N) is 1. The fraction of sp³-hybridized carbons (Fsp3) is 0.462. The van der Waals surface area contributed by atoms with Crippen molar-refractivity contribution in [3.63, 3.8) is 0 Å². The smallest absolute Gasteiger partial charge is 0.243 e. The average Bonchev–Trinajstić information content (AvgIpc) is 3.66. The monoisotopic (exact) mass is 543 g/mol. The van der Waals surface area contributed by atoms with E-state index in [0.29, 0.717) is 31.1 Å². The summed E-state index contributed by atoms with van der Waals surface area (Å²) in [5.41, 5.74) is 5.55. The minimum absolute atomic E-state index is 0.0319. The number of para-hydroxylation sites is 1. The van der Waals surface area contributed by atoms with Crippen molar-refractivity contribution in [2.75, 3.05) is 32.9 Å². The Kier molecular flexibility index (Phi) is 8.97. The van der Waals surface area contributed by atoms with E-state index in [0.717, 1.165) is 10.6 Å². The number of benzene rings is 1. The summed E-state index contributed by atoms with van der Waals surface area (Å²) in [6, 6.07) is 11.7. The van der Waals surface area contributed by atoms with Crippen molar-refractivity contribution in [1.82, 2.24) is 15.5 Å². The number of nitrogens with zero attached hydrogens (tertiary/aromatic N) is 1. The quantitative estimate of drug-likeness (QED) is 0.190. The van der Waals surface area contributed by atoms with Crippen molar-refractivity contribution in [2.24, 2.45) is 5.73 Å². The van der Waals surface area contributed by atoms with Gasteiger partial charge in [-0.3, -0.25) is 19.8 Å². The molecule has 38 heavy (non-hydrogen) atoms. The Morgan fingerprint density at radius 2 is 1.95 bits per heavy atom. The van der Waals surface area contributed by atoms with Gasteiger partial charge in [0.2, 0.25) is 17.7 Å². The molecule has 3 heterocycles. The largest absolute Gasteiger partial charge is 0.494 e. The van der Waals surface area contributed by atoms with E-state index in [1.165, 1.54) is 16.2 Å². The van der Waals surface area contributed by atoms with Gasteiger partial charge in [-0.15, -0.1) is 11.3 Å². The Hall–Kier alpha value is -3.48. The van der Waals surface area contributed by atoms with Crippen LogP contribution < -0.4 is 21.1 Å². The van der Waals surface area contributed by atoms with Crippen LogP contribution in [0.5, 0.6) is 5.75 Å². The molecular weight excluding hydrogens is 510 g/mol. The number of nitrogens with one attached hydrogen (secondary N) is 3. The number of rotatable bonds is 11. The first-order chi connectivity index (χ1) is 18.3. The molecule has 204 valence electrons. The molecule has 2 atom stereocenters. The Morgan fingerprint density at radius 3 is 2.63 bits per heavy atom. The Morgan fingerprint density at radius 1 is 1.21 bits per heavy atom. The molecule has 0 radical (unpaired) electrons. The number of likely N-dealkylation sites (tertiary alicyclic amines) is 1. The fourth-order valence-corrected chi connectivity index (χ4v) is 5.33. The Labute approximate surface area is 225 Å². The molecular formula is C26H33N5O6S. The second-order valence-corrected chi connectivity index (χ2v) is 10.4.